The minimum Gasteiger partial charge on any atom is -0.348 e. The van der Waals surface area contributed by atoms with Crippen LogP contribution in [0, 0.1) is 0 Å². The van der Waals surface area contributed by atoms with Gasteiger partial charge >= 0.3 is 0 Å². The molecule has 82 valence electrons. The second kappa shape index (κ2) is 3.65. The zero-order valence-electron chi connectivity index (χ0n) is 7.93. The van der Waals surface area contributed by atoms with E-state index >= 15 is 0 Å². The van der Waals surface area contributed by atoms with Gasteiger partial charge in [0.2, 0.25) is 0 Å². The Labute approximate surface area is 87.0 Å². The van der Waals surface area contributed by atoms with Crippen LogP contribution in [-0.2, 0) is 9.84 Å². The van der Waals surface area contributed by atoms with Crippen LogP contribution in [0.2, 0.25) is 0 Å². The molecule has 2 N–H and O–H groups in total. The molecule has 6 nitrogen and oxygen atoms in total. The molecule has 1 amide bonds. The Bertz CT molecular complexity index is 451. The van der Waals surface area contributed by atoms with E-state index in [0.717, 1.165) is 0 Å². The first-order valence-electron chi connectivity index (χ1n) is 4.57. The Hall–Kier alpha value is -1.37. The average molecular weight is 229 g/mol. The maximum absolute atomic E-state index is 11.5. The molecule has 0 aromatic carbocycles. The first kappa shape index (κ1) is 10.2. The molecule has 1 aliphatic heterocycles. The predicted molar refractivity (Wildman–Crippen MR) is 53.1 cm³/mol. The van der Waals surface area contributed by atoms with Crippen LogP contribution in [0.1, 0.15) is 16.8 Å². The van der Waals surface area contributed by atoms with E-state index in [-0.39, 0.29) is 23.5 Å². The second-order valence-electron chi connectivity index (χ2n) is 3.56. The summed E-state index contributed by atoms with van der Waals surface area (Å²) in [6.07, 6.45) is 3.36. The highest BCUT2D eigenvalue weighted by atomic mass is 32.2. The quantitative estimate of drug-likeness (QED) is 0.703. The maximum Gasteiger partial charge on any atom is 0.254 e. The van der Waals surface area contributed by atoms with Gasteiger partial charge in [-0.3, -0.25) is 9.89 Å². The number of sulfone groups is 1. The van der Waals surface area contributed by atoms with Crippen molar-refractivity contribution in [3.63, 3.8) is 0 Å². The van der Waals surface area contributed by atoms with Crippen molar-refractivity contribution >= 4 is 15.7 Å². The van der Waals surface area contributed by atoms with Gasteiger partial charge < -0.3 is 5.32 Å². The summed E-state index contributed by atoms with van der Waals surface area (Å²) in [5.41, 5.74) is 0.416. The Morgan fingerprint density at radius 1 is 1.60 bits per heavy atom. The van der Waals surface area contributed by atoms with Crippen molar-refractivity contribution in [2.24, 2.45) is 0 Å². The van der Waals surface area contributed by atoms with Gasteiger partial charge in [-0.25, -0.2) is 8.42 Å². The van der Waals surface area contributed by atoms with Gasteiger partial charge in [-0.15, -0.1) is 0 Å². The lowest BCUT2D eigenvalue weighted by Gasteiger charge is -2.08. The van der Waals surface area contributed by atoms with E-state index in [9.17, 15) is 13.2 Å². The first-order chi connectivity index (χ1) is 7.07. The Morgan fingerprint density at radius 3 is 2.93 bits per heavy atom. The van der Waals surface area contributed by atoms with Crippen LogP contribution in [0.4, 0.5) is 0 Å². The zero-order chi connectivity index (χ0) is 10.9. The Balaban J connectivity index is 1.97. The van der Waals surface area contributed by atoms with E-state index in [4.69, 9.17) is 0 Å². The van der Waals surface area contributed by atoms with E-state index < -0.39 is 9.84 Å². The van der Waals surface area contributed by atoms with E-state index in [2.05, 4.69) is 15.5 Å². The van der Waals surface area contributed by atoms with Crippen molar-refractivity contribution in [1.82, 2.24) is 15.5 Å². The minimum atomic E-state index is -2.95. The molecule has 1 aliphatic rings. The summed E-state index contributed by atoms with van der Waals surface area (Å²) >= 11 is 0. The van der Waals surface area contributed by atoms with Gasteiger partial charge in [0.05, 0.1) is 23.3 Å². The number of nitrogens with one attached hydrogen (secondary N) is 2. The molecule has 1 atom stereocenters. The monoisotopic (exact) mass is 229 g/mol. The highest BCUT2D eigenvalue weighted by molar-refractivity contribution is 7.91. The lowest BCUT2D eigenvalue weighted by molar-refractivity contribution is 0.0941. The Morgan fingerprint density at radius 2 is 2.40 bits per heavy atom. The van der Waals surface area contributed by atoms with Crippen LogP contribution in [0.25, 0.3) is 0 Å². The summed E-state index contributed by atoms with van der Waals surface area (Å²) in [7, 11) is -2.95. The molecule has 1 fully saturated rings. The van der Waals surface area contributed by atoms with Crippen LogP contribution in [0.15, 0.2) is 12.4 Å². The largest absolute Gasteiger partial charge is 0.348 e. The van der Waals surface area contributed by atoms with Gasteiger partial charge in [0, 0.05) is 12.2 Å². The molecular weight excluding hydrogens is 218 g/mol. The fourth-order valence-corrected chi connectivity index (χ4v) is 3.23. The van der Waals surface area contributed by atoms with E-state index in [1.807, 2.05) is 0 Å². The van der Waals surface area contributed by atoms with Crippen molar-refractivity contribution in [3.05, 3.63) is 18.0 Å². The van der Waals surface area contributed by atoms with E-state index in [1.165, 1.54) is 12.4 Å². The lowest BCUT2D eigenvalue weighted by Crippen LogP contribution is -2.35. The number of amides is 1. The number of carbonyl (C=O) groups is 1. The summed E-state index contributed by atoms with van der Waals surface area (Å²) in [5, 5.41) is 8.82. The SMILES string of the molecule is O=C(NC1CCS(=O)(=O)C1)c1cn[nH]c1. The Kier molecular flexibility index (Phi) is 2.47. The second-order valence-corrected chi connectivity index (χ2v) is 5.79. The number of hydrogen-bond acceptors (Lipinski definition) is 4. The molecule has 2 heterocycles. The summed E-state index contributed by atoms with van der Waals surface area (Å²) in [6, 6.07) is -0.266. The van der Waals surface area contributed by atoms with Crippen LogP contribution in [-0.4, -0.2) is 42.1 Å². The predicted octanol–water partition coefficient (Wildman–Crippen LogP) is -0.673. The summed E-state index contributed by atoms with van der Waals surface area (Å²) in [4.78, 5) is 11.5. The van der Waals surface area contributed by atoms with Gasteiger partial charge in [-0.1, -0.05) is 0 Å². The van der Waals surface area contributed by atoms with E-state index in [1.54, 1.807) is 0 Å². The van der Waals surface area contributed by atoms with Crippen molar-refractivity contribution in [2.45, 2.75) is 12.5 Å². The number of carbonyl (C=O) groups excluding carboxylic acids is 1. The van der Waals surface area contributed by atoms with Gasteiger partial charge in [0.15, 0.2) is 9.84 Å². The molecular formula is C8H11N3O3S. The maximum atomic E-state index is 11.5. The molecule has 15 heavy (non-hydrogen) atoms. The molecule has 0 aliphatic carbocycles. The number of aromatic nitrogens is 2. The average Bonchev–Trinajstić information content (AvgIpc) is 2.74. The third-order valence-corrected chi connectivity index (χ3v) is 4.10. The van der Waals surface area contributed by atoms with Crippen molar-refractivity contribution < 1.29 is 13.2 Å². The van der Waals surface area contributed by atoms with Crippen molar-refractivity contribution in [3.8, 4) is 0 Å². The highest BCUT2D eigenvalue weighted by Gasteiger charge is 2.29. The van der Waals surface area contributed by atoms with Crippen LogP contribution < -0.4 is 5.32 Å². The fraction of sp³-hybridized carbons (Fsp3) is 0.500. The smallest absolute Gasteiger partial charge is 0.254 e. The molecule has 1 saturated heterocycles. The van der Waals surface area contributed by atoms with Gasteiger partial charge in [0.1, 0.15) is 0 Å². The first-order valence-corrected chi connectivity index (χ1v) is 6.39. The normalized spacial score (nSPS) is 23.9. The van der Waals surface area contributed by atoms with Crippen LogP contribution in [0.5, 0.6) is 0 Å². The van der Waals surface area contributed by atoms with Crippen LogP contribution in [0.3, 0.4) is 0 Å². The van der Waals surface area contributed by atoms with Crippen molar-refractivity contribution in [2.75, 3.05) is 11.5 Å². The van der Waals surface area contributed by atoms with Crippen LogP contribution >= 0.6 is 0 Å². The molecule has 0 spiro atoms. The molecule has 7 heteroatoms. The number of aromatic amines is 1. The standard InChI is InChI=1S/C8H11N3O3S/c12-8(6-3-9-10-4-6)11-7-1-2-15(13,14)5-7/h3-4,7H,1-2,5H2,(H,9,10)(H,11,12). The fourth-order valence-electron chi connectivity index (χ4n) is 1.55. The summed E-state index contributed by atoms with van der Waals surface area (Å²) < 4.78 is 22.3. The topological polar surface area (TPSA) is 91.9 Å². The number of H-pyrrole nitrogens is 1. The number of hydrogen-bond donors (Lipinski definition) is 2. The molecule has 1 unspecified atom stereocenters. The molecule has 2 rings (SSSR count). The summed E-state index contributed by atoms with van der Waals surface area (Å²) in [5.74, 6) is -0.0919. The number of nitrogens with zero attached hydrogens (tertiary/aromatic N) is 1. The van der Waals surface area contributed by atoms with Gasteiger partial charge in [-0.05, 0) is 6.42 Å². The lowest BCUT2D eigenvalue weighted by atomic mass is 10.2. The molecule has 0 radical (unpaired) electrons. The number of rotatable bonds is 2. The van der Waals surface area contributed by atoms with Gasteiger partial charge in [0.25, 0.3) is 5.91 Å². The highest BCUT2D eigenvalue weighted by Crippen LogP contribution is 2.11. The molecule has 0 saturated carbocycles. The third kappa shape index (κ3) is 2.35. The minimum absolute atomic E-state index is 0.0383. The summed E-state index contributed by atoms with van der Waals surface area (Å²) in [6.45, 7) is 0. The molecule has 1 aromatic heterocycles. The zero-order valence-corrected chi connectivity index (χ0v) is 8.75. The third-order valence-electron chi connectivity index (χ3n) is 2.33. The van der Waals surface area contributed by atoms with Crippen molar-refractivity contribution in [1.29, 1.82) is 0 Å². The van der Waals surface area contributed by atoms with Gasteiger partial charge in [-0.2, -0.15) is 5.10 Å². The molecule has 0 bridgehead atoms. The molecule has 1 aromatic rings. The van der Waals surface area contributed by atoms with E-state index in [0.29, 0.717) is 12.0 Å².